The molecular formula is C24H21F3N4O4. The van der Waals surface area contributed by atoms with Crippen LogP contribution in [-0.2, 0) is 11.0 Å². The lowest BCUT2D eigenvalue weighted by Gasteiger charge is -2.19. The van der Waals surface area contributed by atoms with E-state index in [0.29, 0.717) is 28.2 Å². The maximum absolute atomic E-state index is 13.4. The van der Waals surface area contributed by atoms with E-state index in [1.54, 1.807) is 38.1 Å². The number of hydrogen-bond acceptors (Lipinski definition) is 6. The predicted octanol–water partition coefficient (Wildman–Crippen LogP) is 4.98. The Kier molecular flexibility index (Phi) is 6.33. The van der Waals surface area contributed by atoms with Gasteiger partial charge in [0.2, 0.25) is 5.91 Å². The number of rotatable bonds is 6. The Balaban J connectivity index is 1.82. The lowest BCUT2D eigenvalue weighted by molar-refractivity contribution is -0.137. The molecule has 11 heteroatoms. The van der Waals surface area contributed by atoms with Crippen LogP contribution in [0.15, 0.2) is 57.8 Å². The van der Waals surface area contributed by atoms with Crippen LogP contribution >= 0.6 is 0 Å². The zero-order valence-corrected chi connectivity index (χ0v) is 19.0. The number of anilines is 1. The molecule has 182 valence electrons. The van der Waals surface area contributed by atoms with Crippen LogP contribution in [0.5, 0.6) is 5.75 Å². The van der Waals surface area contributed by atoms with Gasteiger partial charge in [0.15, 0.2) is 5.52 Å². The molecule has 0 aliphatic carbocycles. The van der Waals surface area contributed by atoms with Crippen molar-refractivity contribution in [3.63, 3.8) is 0 Å². The molecule has 35 heavy (non-hydrogen) atoms. The quantitative estimate of drug-likeness (QED) is 0.413. The van der Waals surface area contributed by atoms with E-state index in [2.05, 4.69) is 15.6 Å². The smallest absolute Gasteiger partial charge is 0.418 e. The summed E-state index contributed by atoms with van der Waals surface area (Å²) in [7, 11) is 1.52. The van der Waals surface area contributed by atoms with Crippen LogP contribution in [-0.4, -0.2) is 28.0 Å². The van der Waals surface area contributed by atoms with E-state index < -0.39 is 34.9 Å². The van der Waals surface area contributed by atoms with Gasteiger partial charge in [-0.2, -0.15) is 18.3 Å². The molecule has 0 bridgehead atoms. The van der Waals surface area contributed by atoms with Crippen molar-refractivity contribution in [2.24, 2.45) is 0 Å². The molecule has 1 atom stereocenters. The summed E-state index contributed by atoms with van der Waals surface area (Å²) in [5.41, 5.74) is -1.20. The molecule has 2 aromatic heterocycles. The summed E-state index contributed by atoms with van der Waals surface area (Å²) >= 11 is 0. The number of amides is 1. The molecule has 2 aromatic carbocycles. The van der Waals surface area contributed by atoms with Crippen LogP contribution in [0.1, 0.15) is 30.7 Å². The van der Waals surface area contributed by atoms with Gasteiger partial charge < -0.3 is 14.6 Å². The highest BCUT2D eigenvalue weighted by atomic mass is 19.4. The fraction of sp³-hybridized carbons (Fsp3) is 0.250. The number of fused-ring (bicyclic) bond motifs is 1. The molecule has 4 rings (SSSR count). The van der Waals surface area contributed by atoms with Crippen molar-refractivity contribution in [1.82, 2.24) is 14.9 Å². The summed E-state index contributed by atoms with van der Waals surface area (Å²) in [6.07, 6.45) is -4.59. The number of halogens is 3. The molecule has 0 radical (unpaired) electrons. The molecule has 0 fully saturated rings. The van der Waals surface area contributed by atoms with E-state index in [-0.39, 0.29) is 11.9 Å². The van der Waals surface area contributed by atoms with Crippen molar-refractivity contribution in [2.45, 2.75) is 32.5 Å². The molecule has 0 spiro atoms. The van der Waals surface area contributed by atoms with Gasteiger partial charge in [0.1, 0.15) is 23.2 Å². The lowest BCUT2D eigenvalue weighted by atomic mass is 10.1. The molecule has 8 nitrogen and oxygen atoms in total. The minimum absolute atomic E-state index is 0.0368. The second-order valence-electron chi connectivity index (χ2n) is 7.75. The predicted molar refractivity (Wildman–Crippen MR) is 122 cm³/mol. The van der Waals surface area contributed by atoms with E-state index in [1.807, 2.05) is 0 Å². The SMILES string of the molecule is CC[C@@H](C(=O)Nc1ccccc1C(F)(F)F)n1nc(-c2ccc(OC)cc2)c2c(C)onc2c1=O. The Hall–Kier alpha value is -4.15. The molecule has 1 N–H and O–H groups in total. The van der Waals surface area contributed by atoms with E-state index in [0.717, 1.165) is 16.8 Å². The van der Waals surface area contributed by atoms with E-state index >= 15 is 0 Å². The van der Waals surface area contributed by atoms with Gasteiger partial charge in [-0.3, -0.25) is 9.59 Å². The Morgan fingerprint density at radius 3 is 2.49 bits per heavy atom. The third-order valence-corrected chi connectivity index (χ3v) is 5.56. The standard InChI is InChI=1S/C24H21F3N4O4/c1-4-18(22(32)28-17-8-6-5-7-16(17)24(25,26)27)31-23(33)21-19(13(2)35-30-21)20(29-31)14-9-11-15(34-3)12-10-14/h5-12,18H,4H2,1-3H3,(H,28,32)/t18-/m0/s1. The maximum atomic E-state index is 13.4. The number of hydrogen-bond donors (Lipinski definition) is 1. The van der Waals surface area contributed by atoms with Crippen LogP contribution in [0, 0.1) is 6.92 Å². The minimum Gasteiger partial charge on any atom is -0.497 e. The highest BCUT2D eigenvalue weighted by Crippen LogP contribution is 2.35. The lowest BCUT2D eigenvalue weighted by Crippen LogP contribution is -2.35. The van der Waals surface area contributed by atoms with Gasteiger partial charge >= 0.3 is 6.18 Å². The maximum Gasteiger partial charge on any atom is 0.418 e. The van der Waals surface area contributed by atoms with Crippen LogP contribution in [0.2, 0.25) is 0 Å². The molecule has 0 unspecified atom stereocenters. The Bertz CT molecular complexity index is 1440. The molecule has 0 aliphatic heterocycles. The van der Waals surface area contributed by atoms with Crippen molar-refractivity contribution < 1.29 is 27.2 Å². The summed E-state index contributed by atoms with van der Waals surface area (Å²) in [5.74, 6) is 0.146. The summed E-state index contributed by atoms with van der Waals surface area (Å²) in [5, 5.41) is 11.0. The van der Waals surface area contributed by atoms with Crippen molar-refractivity contribution >= 4 is 22.5 Å². The molecular weight excluding hydrogens is 465 g/mol. The Morgan fingerprint density at radius 1 is 1.17 bits per heavy atom. The minimum atomic E-state index is -4.67. The first kappa shape index (κ1) is 24.0. The normalized spacial score (nSPS) is 12.5. The highest BCUT2D eigenvalue weighted by molar-refractivity contribution is 5.96. The molecule has 0 saturated carbocycles. The molecule has 1 amide bonds. The van der Waals surface area contributed by atoms with Gasteiger partial charge in [-0.25, -0.2) is 4.68 Å². The average Bonchev–Trinajstić information content (AvgIpc) is 3.23. The van der Waals surface area contributed by atoms with Crippen LogP contribution < -0.4 is 15.6 Å². The number of methoxy groups -OCH3 is 1. The fourth-order valence-electron chi connectivity index (χ4n) is 3.80. The summed E-state index contributed by atoms with van der Waals surface area (Å²) < 4.78 is 51.5. The van der Waals surface area contributed by atoms with Gasteiger partial charge in [-0.15, -0.1) is 0 Å². The first-order chi connectivity index (χ1) is 16.7. The second-order valence-corrected chi connectivity index (χ2v) is 7.75. The van der Waals surface area contributed by atoms with E-state index in [1.165, 1.54) is 19.2 Å². The van der Waals surface area contributed by atoms with Crippen LogP contribution in [0.3, 0.4) is 0 Å². The first-order valence-electron chi connectivity index (χ1n) is 10.7. The number of aromatic nitrogens is 3. The number of nitrogens with zero attached hydrogens (tertiary/aromatic N) is 3. The van der Waals surface area contributed by atoms with Crippen LogP contribution in [0.4, 0.5) is 18.9 Å². The van der Waals surface area contributed by atoms with Gasteiger partial charge in [0.05, 0.1) is 23.7 Å². The monoisotopic (exact) mass is 486 g/mol. The number of nitrogens with one attached hydrogen (secondary N) is 1. The molecule has 2 heterocycles. The Labute approximate surface area is 197 Å². The molecule has 0 saturated heterocycles. The zero-order valence-electron chi connectivity index (χ0n) is 19.0. The van der Waals surface area contributed by atoms with Gasteiger partial charge in [-0.1, -0.05) is 24.2 Å². The fourth-order valence-corrected chi connectivity index (χ4v) is 3.80. The van der Waals surface area contributed by atoms with Crippen molar-refractivity contribution in [3.05, 3.63) is 70.2 Å². The number of benzene rings is 2. The summed E-state index contributed by atoms with van der Waals surface area (Å²) in [6.45, 7) is 3.26. The van der Waals surface area contributed by atoms with Gasteiger partial charge in [0.25, 0.3) is 5.56 Å². The molecule has 4 aromatic rings. The van der Waals surface area contributed by atoms with Crippen molar-refractivity contribution in [1.29, 1.82) is 0 Å². The third-order valence-electron chi connectivity index (χ3n) is 5.56. The number of aryl methyl sites for hydroxylation is 1. The van der Waals surface area contributed by atoms with Crippen LogP contribution in [0.25, 0.3) is 22.2 Å². The largest absolute Gasteiger partial charge is 0.497 e. The number of para-hydroxylation sites is 1. The second kappa shape index (κ2) is 9.24. The number of carbonyl (C=O) groups excluding carboxylic acids is 1. The number of ether oxygens (including phenoxy) is 1. The number of alkyl halides is 3. The highest BCUT2D eigenvalue weighted by Gasteiger charge is 2.34. The van der Waals surface area contributed by atoms with Gasteiger partial charge in [0, 0.05) is 5.56 Å². The Morgan fingerprint density at radius 2 is 1.86 bits per heavy atom. The average molecular weight is 486 g/mol. The molecule has 0 aliphatic rings. The van der Waals surface area contributed by atoms with Crippen molar-refractivity contribution in [2.75, 3.05) is 12.4 Å². The van der Waals surface area contributed by atoms with Gasteiger partial charge in [-0.05, 0) is 49.7 Å². The van der Waals surface area contributed by atoms with E-state index in [4.69, 9.17) is 9.26 Å². The third kappa shape index (κ3) is 4.48. The summed E-state index contributed by atoms with van der Waals surface area (Å²) in [4.78, 5) is 26.3. The summed E-state index contributed by atoms with van der Waals surface area (Å²) in [6, 6.07) is 10.3. The first-order valence-corrected chi connectivity index (χ1v) is 10.7. The van der Waals surface area contributed by atoms with E-state index in [9.17, 15) is 22.8 Å². The topological polar surface area (TPSA) is 99.2 Å². The zero-order chi connectivity index (χ0) is 25.3. The number of carbonyl (C=O) groups is 1. The van der Waals surface area contributed by atoms with Crippen molar-refractivity contribution in [3.8, 4) is 17.0 Å².